The summed E-state index contributed by atoms with van der Waals surface area (Å²) >= 11 is 0. The highest BCUT2D eigenvalue weighted by atomic mass is 16.7. The van der Waals surface area contributed by atoms with Gasteiger partial charge in [-0.2, -0.15) is 0 Å². The first-order valence-electron chi connectivity index (χ1n) is 6.05. The van der Waals surface area contributed by atoms with E-state index in [0.29, 0.717) is 12.5 Å². The summed E-state index contributed by atoms with van der Waals surface area (Å²) in [6.07, 6.45) is 5.95. The Morgan fingerprint density at radius 1 is 1.40 bits per heavy atom. The number of rotatable bonds is 4. The second-order valence-electron chi connectivity index (χ2n) is 4.46. The van der Waals surface area contributed by atoms with Gasteiger partial charge in [0, 0.05) is 0 Å². The van der Waals surface area contributed by atoms with Crippen LogP contribution in [-0.4, -0.2) is 18.9 Å². The van der Waals surface area contributed by atoms with E-state index >= 15 is 0 Å². The van der Waals surface area contributed by atoms with Gasteiger partial charge in [-0.25, -0.2) is 4.79 Å². The van der Waals surface area contributed by atoms with Gasteiger partial charge in [0.2, 0.25) is 0 Å². The second kappa shape index (κ2) is 6.70. The lowest BCUT2D eigenvalue weighted by atomic mass is 9.89. The molecule has 0 aromatic heterocycles. The molecule has 1 saturated carbocycles. The fourth-order valence-electron chi connectivity index (χ4n) is 1.96. The summed E-state index contributed by atoms with van der Waals surface area (Å²) in [6.45, 7) is 4.76. The maximum Gasteiger partial charge on any atom is 0.508 e. The predicted octanol–water partition coefficient (Wildman–Crippen LogP) is 3.52. The molecule has 0 saturated heterocycles. The molecule has 0 N–H and O–H groups in total. The van der Waals surface area contributed by atoms with E-state index in [9.17, 15) is 4.79 Å². The first-order valence-corrected chi connectivity index (χ1v) is 6.05. The highest BCUT2D eigenvalue weighted by Gasteiger charge is 2.22. The van der Waals surface area contributed by atoms with Crippen LogP contribution >= 0.6 is 0 Å². The lowest BCUT2D eigenvalue weighted by molar-refractivity contribution is 0.00393. The Labute approximate surface area is 92.1 Å². The maximum absolute atomic E-state index is 11.2. The predicted molar refractivity (Wildman–Crippen MR) is 58.8 cm³/mol. The van der Waals surface area contributed by atoms with Gasteiger partial charge in [-0.3, -0.25) is 0 Å². The van der Waals surface area contributed by atoms with Crippen LogP contribution in [-0.2, 0) is 9.47 Å². The van der Waals surface area contributed by atoms with Crippen molar-refractivity contribution < 1.29 is 14.3 Å². The average molecular weight is 214 g/mol. The van der Waals surface area contributed by atoms with Crippen LogP contribution in [0.3, 0.4) is 0 Å². The monoisotopic (exact) mass is 214 g/mol. The van der Waals surface area contributed by atoms with Crippen molar-refractivity contribution in [3.63, 3.8) is 0 Å². The SMILES string of the molecule is CCCCOC(=O)OC1CCCC(C)C1. The molecule has 2 unspecified atom stereocenters. The van der Waals surface area contributed by atoms with Gasteiger partial charge in [-0.15, -0.1) is 0 Å². The van der Waals surface area contributed by atoms with E-state index in [4.69, 9.17) is 9.47 Å². The molecule has 2 atom stereocenters. The summed E-state index contributed by atoms with van der Waals surface area (Å²) in [5.74, 6) is 0.673. The van der Waals surface area contributed by atoms with Crippen LogP contribution in [0.1, 0.15) is 52.4 Å². The Kier molecular flexibility index (Phi) is 5.51. The average Bonchev–Trinajstić information content (AvgIpc) is 2.18. The third-order valence-corrected chi connectivity index (χ3v) is 2.87. The van der Waals surface area contributed by atoms with Crippen molar-refractivity contribution in [3.8, 4) is 0 Å². The van der Waals surface area contributed by atoms with E-state index in [1.54, 1.807) is 0 Å². The Balaban J connectivity index is 2.13. The smallest absolute Gasteiger partial charge is 0.434 e. The van der Waals surface area contributed by atoms with Gasteiger partial charge in [-0.05, 0) is 31.6 Å². The van der Waals surface area contributed by atoms with Gasteiger partial charge in [0.05, 0.1) is 6.61 Å². The summed E-state index contributed by atoms with van der Waals surface area (Å²) < 4.78 is 10.2. The molecule has 1 aliphatic rings. The molecule has 0 aliphatic heterocycles. The van der Waals surface area contributed by atoms with Crippen LogP contribution in [0.2, 0.25) is 0 Å². The molecular formula is C12H22O3. The molecule has 3 heteroatoms. The standard InChI is InChI=1S/C12H22O3/c1-3-4-8-14-12(13)15-11-7-5-6-10(2)9-11/h10-11H,3-9H2,1-2H3. The van der Waals surface area contributed by atoms with Gasteiger partial charge in [0.25, 0.3) is 0 Å². The minimum Gasteiger partial charge on any atom is -0.434 e. The molecule has 0 amide bonds. The zero-order valence-electron chi connectivity index (χ0n) is 9.83. The van der Waals surface area contributed by atoms with Gasteiger partial charge in [-0.1, -0.05) is 26.7 Å². The van der Waals surface area contributed by atoms with E-state index in [0.717, 1.165) is 32.1 Å². The topological polar surface area (TPSA) is 35.5 Å². The van der Waals surface area contributed by atoms with E-state index in [1.165, 1.54) is 6.42 Å². The number of hydrogen-bond acceptors (Lipinski definition) is 3. The van der Waals surface area contributed by atoms with E-state index in [-0.39, 0.29) is 6.10 Å². The van der Waals surface area contributed by atoms with Crippen molar-refractivity contribution in [3.05, 3.63) is 0 Å². The Hall–Kier alpha value is -0.730. The highest BCUT2D eigenvalue weighted by Crippen LogP contribution is 2.25. The fourth-order valence-corrected chi connectivity index (χ4v) is 1.96. The second-order valence-corrected chi connectivity index (χ2v) is 4.46. The van der Waals surface area contributed by atoms with E-state index in [2.05, 4.69) is 13.8 Å². The first-order chi connectivity index (χ1) is 7.22. The summed E-state index contributed by atoms with van der Waals surface area (Å²) in [5, 5.41) is 0. The molecule has 3 nitrogen and oxygen atoms in total. The molecule has 0 aromatic carbocycles. The van der Waals surface area contributed by atoms with Gasteiger partial charge >= 0.3 is 6.16 Å². The lowest BCUT2D eigenvalue weighted by Gasteiger charge is -2.25. The summed E-state index contributed by atoms with van der Waals surface area (Å²) in [6, 6.07) is 0. The van der Waals surface area contributed by atoms with E-state index in [1.807, 2.05) is 0 Å². The van der Waals surface area contributed by atoms with Crippen molar-refractivity contribution in [2.45, 2.75) is 58.5 Å². The van der Waals surface area contributed by atoms with Crippen LogP contribution in [0.25, 0.3) is 0 Å². The zero-order chi connectivity index (χ0) is 11.1. The van der Waals surface area contributed by atoms with Crippen LogP contribution in [0.5, 0.6) is 0 Å². The molecule has 1 fully saturated rings. The number of ether oxygens (including phenoxy) is 2. The van der Waals surface area contributed by atoms with Crippen molar-refractivity contribution >= 4 is 6.16 Å². The maximum atomic E-state index is 11.2. The van der Waals surface area contributed by atoms with Crippen molar-refractivity contribution in [2.24, 2.45) is 5.92 Å². The Morgan fingerprint density at radius 2 is 2.20 bits per heavy atom. The summed E-state index contributed by atoms with van der Waals surface area (Å²) in [7, 11) is 0. The normalized spacial score (nSPS) is 26.0. The third-order valence-electron chi connectivity index (χ3n) is 2.87. The molecule has 88 valence electrons. The molecular weight excluding hydrogens is 192 g/mol. The van der Waals surface area contributed by atoms with Gasteiger partial charge < -0.3 is 9.47 Å². The van der Waals surface area contributed by atoms with Crippen molar-refractivity contribution in [1.82, 2.24) is 0 Å². The Morgan fingerprint density at radius 3 is 2.87 bits per heavy atom. The molecule has 0 bridgehead atoms. The molecule has 1 rings (SSSR count). The highest BCUT2D eigenvalue weighted by molar-refractivity contribution is 5.60. The number of hydrogen-bond donors (Lipinski definition) is 0. The van der Waals surface area contributed by atoms with Crippen LogP contribution in [0.4, 0.5) is 4.79 Å². The molecule has 0 heterocycles. The van der Waals surface area contributed by atoms with Gasteiger partial charge in [0.15, 0.2) is 0 Å². The molecule has 0 radical (unpaired) electrons. The Bertz CT molecular complexity index is 191. The van der Waals surface area contributed by atoms with Crippen molar-refractivity contribution in [2.75, 3.05) is 6.61 Å². The fraction of sp³-hybridized carbons (Fsp3) is 0.917. The lowest BCUT2D eigenvalue weighted by Crippen LogP contribution is -2.25. The minimum absolute atomic E-state index is 0.0860. The van der Waals surface area contributed by atoms with Crippen LogP contribution in [0.15, 0.2) is 0 Å². The molecule has 15 heavy (non-hydrogen) atoms. The number of unbranched alkanes of at least 4 members (excludes halogenated alkanes) is 1. The largest absolute Gasteiger partial charge is 0.508 e. The molecule has 0 aromatic rings. The zero-order valence-corrected chi connectivity index (χ0v) is 9.83. The van der Waals surface area contributed by atoms with E-state index < -0.39 is 6.16 Å². The number of carbonyl (C=O) groups excluding carboxylic acids is 1. The summed E-state index contributed by atoms with van der Waals surface area (Å²) in [4.78, 5) is 11.2. The summed E-state index contributed by atoms with van der Waals surface area (Å²) in [5.41, 5.74) is 0. The minimum atomic E-state index is -0.484. The van der Waals surface area contributed by atoms with Crippen LogP contribution in [0, 0.1) is 5.92 Å². The molecule has 1 aliphatic carbocycles. The molecule has 0 spiro atoms. The number of carbonyl (C=O) groups is 1. The quantitative estimate of drug-likeness (QED) is 0.530. The van der Waals surface area contributed by atoms with Crippen LogP contribution < -0.4 is 0 Å². The van der Waals surface area contributed by atoms with Crippen molar-refractivity contribution in [1.29, 1.82) is 0 Å². The van der Waals surface area contributed by atoms with Gasteiger partial charge in [0.1, 0.15) is 6.10 Å². The third kappa shape index (κ3) is 5.05. The first kappa shape index (κ1) is 12.3.